The molecule has 0 aromatic heterocycles. The highest BCUT2D eigenvalue weighted by molar-refractivity contribution is 5.83. The summed E-state index contributed by atoms with van der Waals surface area (Å²) in [4.78, 5) is 30.0. The molecule has 130 valence electrons. The SMILES string of the molecule is CCOC(=O)C[C@@H](N)C(F)(F)F.O=C(O)[C@H](O)[C@@H](O)C(=O)O. The van der Waals surface area contributed by atoms with E-state index in [4.69, 9.17) is 20.4 Å². The van der Waals surface area contributed by atoms with Crippen LogP contribution in [0.25, 0.3) is 0 Å². The molecule has 0 aromatic carbocycles. The number of esters is 1. The zero-order chi connectivity index (χ0) is 18.1. The molecular weight excluding hydrogens is 319 g/mol. The monoisotopic (exact) mass is 335 g/mol. The molecule has 0 bridgehead atoms. The summed E-state index contributed by atoms with van der Waals surface area (Å²) in [5, 5.41) is 32.5. The van der Waals surface area contributed by atoms with Crippen LogP contribution in [0.4, 0.5) is 13.2 Å². The Labute approximate surface area is 122 Å². The molecule has 6 N–H and O–H groups in total. The van der Waals surface area contributed by atoms with E-state index in [1.165, 1.54) is 6.92 Å². The molecule has 0 amide bonds. The van der Waals surface area contributed by atoms with Crippen LogP contribution in [-0.4, -0.2) is 69.4 Å². The van der Waals surface area contributed by atoms with E-state index in [0.29, 0.717) is 0 Å². The highest BCUT2D eigenvalue weighted by Gasteiger charge is 2.38. The van der Waals surface area contributed by atoms with Crippen LogP contribution < -0.4 is 5.73 Å². The molecule has 0 rings (SSSR count). The number of aliphatic hydroxyl groups excluding tert-OH is 2. The summed E-state index contributed by atoms with van der Waals surface area (Å²) in [5.41, 5.74) is 4.66. The van der Waals surface area contributed by atoms with Gasteiger partial charge in [-0.3, -0.25) is 4.79 Å². The molecule has 22 heavy (non-hydrogen) atoms. The third-order valence-corrected chi connectivity index (χ3v) is 1.92. The topological polar surface area (TPSA) is 167 Å². The minimum absolute atomic E-state index is 0.0589. The number of nitrogens with two attached hydrogens (primary N) is 1. The lowest BCUT2D eigenvalue weighted by Crippen LogP contribution is -2.39. The molecule has 0 heterocycles. The molecule has 9 nitrogen and oxygen atoms in total. The number of carboxylic acids is 2. The third-order valence-electron chi connectivity index (χ3n) is 1.92. The lowest BCUT2D eigenvalue weighted by Gasteiger charge is -2.13. The van der Waals surface area contributed by atoms with Crippen LogP contribution in [-0.2, 0) is 19.1 Å². The predicted octanol–water partition coefficient (Wildman–Crippen LogP) is -1.29. The molecule has 0 aliphatic heterocycles. The number of ether oxygens (including phenoxy) is 1. The minimum Gasteiger partial charge on any atom is -0.479 e. The van der Waals surface area contributed by atoms with Gasteiger partial charge in [0, 0.05) is 0 Å². The first-order valence-electron chi connectivity index (χ1n) is 5.64. The summed E-state index contributed by atoms with van der Waals surface area (Å²) in [6.07, 6.45) is -9.89. The number of hydrogen-bond donors (Lipinski definition) is 5. The lowest BCUT2D eigenvalue weighted by molar-refractivity contribution is -0.165. The third kappa shape index (κ3) is 9.90. The van der Waals surface area contributed by atoms with Crippen molar-refractivity contribution in [3.63, 3.8) is 0 Å². The smallest absolute Gasteiger partial charge is 0.404 e. The summed E-state index contributed by atoms with van der Waals surface area (Å²) in [7, 11) is 0. The minimum atomic E-state index is -4.53. The number of hydrogen-bond acceptors (Lipinski definition) is 7. The van der Waals surface area contributed by atoms with E-state index in [1.807, 2.05) is 0 Å². The van der Waals surface area contributed by atoms with Gasteiger partial charge in [-0.2, -0.15) is 13.2 Å². The van der Waals surface area contributed by atoms with Crippen molar-refractivity contribution in [3.8, 4) is 0 Å². The van der Waals surface area contributed by atoms with Crippen molar-refractivity contribution in [2.75, 3.05) is 6.61 Å². The average Bonchev–Trinajstić information content (AvgIpc) is 2.36. The van der Waals surface area contributed by atoms with Crippen molar-refractivity contribution in [1.82, 2.24) is 0 Å². The van der Waals surface area contributed by atoms with Gasteiger partial charge >= 0.3 is 24.1 Å². The van der Waals surface area contributed by atoms with E-state index < -0.39 is 48.8 Å². The average molecular weight is 335 g/mol. The van der Waals surface area contributed by atoms with Gasteiger partial charge in [0.2, 0.25) is 0 Å². The molecule has 0 aromatic rings. The van der Waals surface area contributed by atoms with Crippen molar-refractivity contribution in [3.05, 3.63) is 0 Å². The van der Waals surface area contributed by atoms with Gasteiger partial charge in [-0.25, -0.2) is 9.59 Å². The van der Waals surface area contributed by atoms with E-state index in [9.17, 15) is 27.6 Å². The van der Waals surface area contributed by atoms with E-state index in [1.54, 1.807) is 0 Å². The van der Waals surface area contributed by atoms with Crippen LogP contribution in [0.1, 0.15) is 13.3 Å². The highest BCUT2D eigenvalue weighted by Crippen LogP contribution is 2.20. The molecule has 0 spiro atoms. The standard InChI is InChI=1S/C6H10F3NO2.C4H6O6/c1-2-12-5(11)3-4(10)6(7,8)9;5-1(3(7)8)2(6)4(9)10/h4H,2-3,10H2,1H3;1-2,5-6H,(H,7,8)(H,9,10)/t4-;1-,2-/m11/s1. The van der Waals surface area contributed by atoms with E-state index >= 15 is 0 Å². The molecule has 12 heteroatoms. The molecule has 0 unspecified atom stereocenters. The number of halogens is 3. The van der Waals surface area contributed by atoms with Gasteiger partial charge in [-0.05, 0) is 6.92 Å². The maximum atomic E-state index is 11.7. The normalized spacial score (nSPS) is 14.9. The fraction of sp³-hybridized carbons (Fsp3) is 0.700. The Morgan fingerprint density at radius 3 is 1.68 bits per heavy atom. The van der Waals surface area contributed by atoms with Gasteiger partial charge in [0.05, 0.1) is 13.0 Å². The number of carbonyl (C=O) groups is 3. The van der Waals surface area contributed by atoms with E-state index in [2.05, 4.69) is 10.5 Å². The zero-order valence-electron chi connectivity index (χ0n) is 11.3. The Morgan fingerprint density at radius 2 is 1.45 bits per heavy atom. The van der Waals surface area contributed by atoms with Crippen molar-refractivity contribution in [2.24, 2.45) is 5.73 Å². The number of carboxylic acid groups (broad SMARTS) is 2. The Bertz CT molecular complexity index is 369. The summed E-state index contributed by atoms with van der Waals surface area (Å²) >= 11 is 0. The largest absolute Gasteiger partial charge is 0.479 e. The maximum absolute atomic E-state index is 11.7. The van der Waals surface area contributed by atoms with Crippen molar-refractivity contribution >= 4 is 17.9 Å². The van der Waals surface area contributed by atoms with Gasteiger partial charge in [0.25, 0.3) is 0 Å². The van der Waals surface area contributed by atoms with Gasteiger partial charge in [-0.15, -0.1) is 0 Å². The molecule has 0 aliphatic rings. The van der Waals surface area contributed by atoms with Gasteiger partial charge in [0.1, 0.15) is 6.04 Å². The lowest BCUT2D eigenvalue weighted by atomic mass is 10.2. The van der Waals surface area contributed by atoms with Crippen molar-refractivity contribution in [1.29, 1.82) is 0 Å². The number of alkyl halides is 3. The number of aliphatic hydroxyl groups is 2. The molecule has 0 radical (unpaired) electrons. The second-order valence-electron chi connectivity index (χ2n) is 3.72. The number of carbonyl (C=O) groups excluding carboxylic acids is 1. The van der Waals surface area contributed by atoms with Crippen LogP contribution in [0.2, 0.25) is 0 Å². The second-order valence-corrected chi connectivity index (χ2v) is 3.72. The van der Waals surface area contributed by atoms with E-state index in [-0.39, 0.29) is 6.61 Å². The molecule has 0 saturated carbocycles. The van der Waals surface area contributed by atoms with Crippen LogP contribution in [0.5, 0.6) is 0 Å². The highest BCUT2D eigenvalue weighted by atomic mass is 19.4. The molecule has 0 aliphatic carbocycles. The number of aliphatic carboxylic acids is 2. The summed E-state index contributed by atoms with van der Waals surface area (Å²) in [6.45, 7) is 1.57. The van der Waals surface area contributed by atoms with Gasteiger partial charge < -0.3 is 30.9 Å². The Hall–Kier alpha value is -1.92. The van der Waals surface area contributed by atoms with Gasteiger partial charge in [-0.1, -0.05) is 0 Å². The number of rotatable bonds is 6. The van der Waals surface area contributed by atoms with Crippen molar-refractivity contribution in [2.45, 2.75) is 37.8 Å². The molecule has 0 fully saturated rings. The molecule has 3 atom stereocenters. The second kappa shape index (κ2) is 9.92. The zero-order valence-corrected chi connectivity index (χ0v) is 11.3. The maximum Gasteiger partial charge on any atom is 0.404 e. The Balaban J connectivity index is 0. The first-order valence-corrected chi connectivity index (χ1v) is 5.64. The fourth-order valence-corrected chi connectivity index (χ4v) is 0.785. The first-order chi connectivity index (χ1) is 9.84. The van der Waals surface area contributed by atoms with Crippen LogP contribution >= 0.6 is 0 Å². The Kier molecular flexibility index (Phi) is 10.1. The molecule has 0 saturated heterocycles. The first kappa shape index (κ1) is 22.4. The predicted molar refractivity (Wildman–Crippen MR) is 62.6 cm³/mol. The summed E-state index contributed by atoms with van der Waals surface area (Å²) in [5.74, 6) is -4.47. The quantitative estimate of drug-likeness (QED) is 0.371. The van der Waals surface area contributed by atoms with Crippen LogP contribution in [0.3, 0.4) is 0 Å². The fourth-order valence-electron chi connectivity index (χ4n) is 0.785. The van der Waals surface area contributed by atoms with Crippen molar-refractivity contribution < 1.29 is 52.7 Å². The van der Waals surface area contributed by atoms with E-state index in [0.717, 1.165) is 0 Å². The molecular formula is C10H16F3NO8. The summed E-state index contributed by atoms with van der Waals surface area (Å²) in [6, 6.07) is -2.13. The van der Waals surface area contributed by atoms with Crippen LogP contribution in [0.15, 0.2) is 0 Å². The van der Waals surface area contributed by atoms with Gasteiger partial charge in [0.15, 0.2) is 12.2 Å². The Morgan fingerprint density at radius 1 is 1.09 bits per heavy atom. The summed E-state index contributed by atoms with van der Waals surface area (Å²) < 4.78 is 39.4. The van der Waals surface area contributed by atoms with Crippen LogP contribution in [0, 0.1) is 0 Å².